The second-order valence-electron chi connectivity index (χ2n) is 29.4. The van der Waals surface area contributed by atoms with Gasteiger partial charge in [-0.1, -0.05) is 215 Å². The number of hydrogen-bond donors (Lipinski definition) is 5. The van der Waals surface area contributed by atoms with Crippen LogP contribution in [0, 0.1) is 46.8 Å². The highest BCUT2D eigenvalue weighted by molar-refractivity contribution is 6.07. The van der Waals surface area contributed by atoms with Gasteiger partial charge in [0.25, 0.3) is 0 Å². The zero-order chi connectivity index (χ0) is 80.0. The highest BCUT2D eigenvalue weighted by Crippen LogP contribution is 2.46. The minimum atomic E-state index is -1.00. The van der Waals surface area contributed by atoms with E-state index in [-0.39, 0.29) is 70.3 Å². The summed E-state index contributed by atoms with van der Waals surface area (Å²) < 4.78 is 26.0. The van der Waals surface area contributed by atoms with Crippen molar-refractivity contribution in [3.63, 3.8) is 0 Å². The average molecular weight is 1500 g/mol. The van der Waals surface area contributed by atoms with Crippen molar-refractivity contribution in [2.24, 2.45) is 41.2 Å². The number of nitrogens with one attached hydrogen (secondary N) is 1. The van der Waals surface area contributed by atoms with Gasteiger partial charge in [-0.3, -0.25) is 38.7 Å². The van der Waals surface area contributed by atoms with Crippen molar-refractivity contribution >= 4 is 65.6 Å². The summed E-state index contributed by atoms with van der Waals surface area (Å²) in [7, 11) is 3.02. The van der Waals surface area contributed by atoms with Crippen LogP contribution >= 0.6 is 0 Å². The van der Waals surface area contributed by atoms with Crippen LogP contribution in [0.1, 0.15) is 174 Å². The van der Waals surface area contributed by atoms with Gasteiger partial charge in [0.1, 0.15) is 56.6 Å². The molecule has 0 unspecified atom stereocenters. The molecule has 0 radical (unpaired) electrons. The number of para-hydroxylation sites is 1. The van der Waals surface area contributed by atoms with Gasteiger partial charge in [-0.25, -0.2) is 24.0 Å². The molecule has 6 N–H and O–H groups in total. The van der Waals surface area contributed by atoms with Gasteiger partial charge in [-0.15, -0.1) is 0 Å². The SMILES string of the molecule is CC(C)CC[C@@H](C(=O)N1C[C@]2(C[C@H]1C#N)C(=O)Nc1ccccc12)N(C)C(=O)OCc1ccccc1.CC(C)CC[C@@H](C(=O)O)N(C)C(=O)OCc1ccccc1.CC(C)CC[C@H](CC(=O)OCc1ccccc1)C(=O)O.CC(C)CC[C@H](N)C(=O)O.CC(C)CC[C@H]1C(=O)OCN1C(=O)OCc1ccccc1. The Morgan fingerprint density at radius 1 is 0.537 bits per heavy atom. The molecule has 2 fully saturated rings. The number of fused-ring (bicyclic) bond motifs is 2. The van der Waals surface area contributed by atoms with Crippen LogP contribution in [0.3, 0.4) is 0 Å². The number of carbonyl (C=O) groups is 10. The summed E-state index contributed by atoms with van der Waals surface area (Å²) in [5, 5.41) is 39.6. The first-order valence-corrected chi connectivity index (χ1v) is 37.0. The smallest absolute Gasteiger partial charge is 0.413 e. The number of amides is 5. The van der Waals surface area contributed by atoms with Gasteiger partial charge in [-0.2, -0.15) is 5.26 Å². The molecule has 2 saturated heterocycles. The van der Waals surface area contributed by atoms with Crippen LogP contribution in [0.25, 0.3) is 0 Å². The van der Waals surface area contributed by atoms with Crippen LogP contribution < -0.4 is 11.1 Å². The van der Waals surface area contributed by atoms with Crippen LogP contribution in [0.5, 0.6) is 0 Å². The largest absolute Gasteiger partial charge is 0.481 e. The first-order valence-electron chi connectivity index (χ1n) is 37.0. The van der Waals surface area contributed by atoms with Crippen molar-refractivity contribution in [3.05, 3.63) is 173 Å². The number of aliphatic carboxylic acids is 3. The molecule has 0 bridgehead atoms. The maximum Gasteiger partial charge on any atom is 0.413 e. The number of hydrogen-bond acceptors (Lipinski definition) is 17. The topological polar surface area (TPSA) is 352 Å². The molecule has 3 aliphatic heterocycles. The number of likely N-dealkylation sites (N-methyl/N-ethyl adjacent to an activating group) is 2. The van der Waals surface area contributed by atoms with E-state index < -0.39 is 83.7 Å². The minimum absolute atomic E-state index is 0.0186. The van der Waals surface area contributed by atoms with E-state index in [2.05, 4.69) is 52.9 Å². The molecule has 5 amide bonds. The molecule has 8 rings (SSSR count). The van der Waals surface area contributed by atoms with Gasteiger partial charge in [0.15, 0.2) is 6.73 Å². The summed E-state index contributed by atoms with van der Waals surface area (Å²) in [5.41, 5.74) is 9.34. The number of esters is 2. The molecular formula is C83H113N7O18. The summed E-state index contributed by atoms with van der Waals surface area (Å²) in [5.74, 6) is -2.68. The normalized spacial score (nSPS) is 16.4. The second kappa shape index (κ2) is 46.7. The molecule has 1 spiro atoms. The summed E-state index contributed by atoms with van der Waals surface area (Å²) in [4.78, 5) is 125. The van der Waals surface area contributed by atoms with E-state index in [1.54, 1.807) is 7.05 Å². The van der Waals surface area contributed by atoms with Crippen molar-refractivity contribution in [1.29, 1.82) is 5.26 Å². The van der Waals surface area contributed by atoms with Gasteiger partial charge in [0, 0.05) is 32.7 Å². The minimum Gasteiger partial charge on any atom is -0.481 e. The Labute approximate surface area is 636 Å². The average Bonchev–Trinajstić information content (AvgIpc) is 1.57. The number of cyclic esters (lactones) is 1. The number of carbonyl (C=O) groups excluding carboxylic acids is 7. The quantitative estimate of drug-likeness (QED) is 0.0203. The second-order valence-corrected chi connectivity index (χ2v) is 29.4. The van der Waals surface area contributed by atoms with E-state index >= 15 is 0 Å². The summed E-state index contributed by atoms with van der Waals surface area (Å²) >= 11 is 0. The molecule has 0 aromatic heterocycles. The third-order valence-corrected chi connectivity index (χ3v) is 18.4. The summed E-state index contributed by atoms with van der Waals surface area (Å²) in [6.45, 7) is 21.2. The Kier molecular flexibility index (Phi) is 38.9. The number of rotatable bonds is 31. The molecule has 3 heterocycles. The van der Waals surface area contributed by atoms with E-state index in [0.717, 1.165) is 58.4 Å². The maximum absolute atomic E-state index is 13.9. The summed E-state index contributed by atoms with van der Waals surface area (Å²) in [6.07, 6.45) is 4.98. The fourth-order valence-corrected chi connectivity index (χ4v) is 11.7. The van der Waals surface area contributed by atoms with Crippen LogP contribution in [0.4, 0.5) is 20.1 Å². The fourth-order valence-electron chi connectivity index (χ4n) is 11.7. The molecule has 108 heavy (non-hydrogen) atoms. The predicted octanol–water partition coefficient (Wildman–Crippen LogP) is 14.3. The van der Waals surface area contributed by atoms with Crippen LogP contribution in [-0.4, -0.2) is 152 Å². The van der Waals surface area contributed by atoms with Crippen molar-refractivity contribution in [2.45, 2.75) is 208 Å². The van der Waals surface area contributed by atoms with E-state index in [1.807, 2.05) is 173 Å². The highest BCUT2D eigenvalue weighted by atomic mass is 16.6. The van der Waals surface area contributed by atoms with Crippen LogP contribution in [0.15, 0.2) is 146 Å². The Hall–Kier alpha value is -10.3. The molecule has 7 atom stereocenters. The lowest BCUT2D eigenvalue weighted by molar-refractivity contribution is -0.152. The third-order valence-electron chi connectivity index (χ3n) is 18.4. The van der Waals surface area contributed by atoms with Crippen LogP contribution in [0.2, 0.25) is 0 Å². The molecule has 0 saturated carbocycles. The zero-order valence-corrected chi connectivity index (χ0v) is 64.7. The monoisotopic (exact) mass is 1500 g/mol. The number of nitriles is 1. The molecule has 588 valence electrons. The Morgan fingerprint density at radius 3 is 1.40 bits per heavy atom. The molecule has 25 heteroatoms. The number of nitrogens with two attached hydrogens (primary N) is 1. The third kappa shape index (κ3) is 30.9. The lowest BCUT2D eigenvalue weighted by Gasteiger charge is -2.32. The van der Waals surface area contributed by atoms with E-state index in [4.69, 9.17) is 39.6 Å². The highest BCUT2D eigenvalue weighted by Gasteiger charge is 2.57. The van der Waals surface area contributed by atoms with Crippen molar-refractivity contribution in [1.82, 2.24) is 19.6 Å². The number of carboxylic acid groups (broad SMARTS) is 3. The zero-order valence-electron chi connectivity index (χ0n) is 64.7. The molecule has 3 aliphatic rings. The van der Waals surface area contributed by atoms with E-state index in [1.165, 1.54) is 21.7 Å². The number of anilines is 1. The number of likely N-dealkylation sites (tertiary alicyclic amines) is 1. The molecular weight excluding hydrogens is 1380 g/mol. The number of benzene rings is 5. The Balaban J connectivity index is 0.000000301. The van der Waals surface area contributed by atoms with Gasteiger partial charge in [-0.05, 0) is 121 Å². The van der Waals surface area contributed by atoms with E-state index in [9.17, 15) is 58.3 Å². The summed E-state index contributed by atoms with van der Waals surface area (Å²) in [6, 6.07) is 43.4. The fraction of sp³-hybridized carbons (Fsp3) is 0.506. The Bertz CT molecular complexity index is 3660. The lowest BCUT2D eigenvalue weighted by Crippen LogP contribution is -2.51. The van der Waals surface area contributed by atoms with Crippen molar-refractivity contribution in [3.8, 4) is 6.07 Å². The van der Waals surface area contributed by atoms with Crippen LogP contribution in [-0.2, 0) is 89.1 Å². The number of nitrogens with zero attached hydrogens (tertiary/aromatic N) is 5. The molecule has 25 nitrogen and oxygen atoms in total. The van der Waals surface area contributed by atoms with Gasteiger partial charge in [0.05, 0.1) is 23.8 Å². The van der Waals surface area contributed by atoms with Gasteiger partial charge >= 0.3 is 48.1 Å². The number of ether oxygens (including phenoxy) is 5. The van der Waals surface area contributed by atoms with Crippen molar-refractivity contribution < 1.29 is 86.9 Å². The van der Waals surface area contributed by atoms with Gasteiger partial charge in [0.2, 0.25) is 11.8 Å². The molecule has 0 aliphatic carbocycles. The van der Waals surface area contributed by atoms with Crippen molar-refractivity contribution in [2.75, 3.05) is 32.7 Å². The standard InChI is InChI=1S/C28H32N4O4.C16H21NO4.C16H23NO4.C16H22O4.C7H15NO2/c1-19(2)13-14-24(31(3)27(35)36-17-20-9-5-4-6-10-20)25(33)32-18-28(15-21(32)16-29)22-11-7-8-12-23(22)30-26(28)34;1-12(2)8-9-14-15(18)21-11-17(14)16(19)20-10-13-6-4-3-5-7-13;1-12(2)9-10-14(15(18)19)17(3)16(20)21-11-13-7-5-4-6-8-13;1-12(2)8-9-14(16(18)19)10-15(17)20-11-13-6-4-3-5-7-13;1-5(2)3-4-6(8)7(9)10/h4-12,19,21,24H,13-15,17-18H2,1-3H3,(H,30,34);3-7,12,14H,8-11H2,1-2H3;4-8,12,14H,9-11H2,1-3H3,(H,18,19);3-7,12,14H,8-11H2,1-2H3,(H,18,19);5-6H,3-4,8H2,1-2H3,(H,9,10)/t21-,24-,28-;3*14-;6-/m00010/s1. The van der Waals surface area contributed by atoms with Gasteiger partial charge < -0.3 is 55.0 Å². The predicted molar refractivity (Wildman–Crippen MR) is 408 cm³/mol. The molecule has 5 aromatic carbocycles. The first kappa shape index (κ1) is 90.0. The first-order chi connectivity index (χ1) is 51.3. The maximum atomic E-state index is 13.9. The number of carboxylic acids is 3. The lowest BCUT2D eigenvalue weighted by atomic mass is 9.80. The molecule has 5 aromatic rings. The van der Waals surface area contributed by atoms with E-state index in [0.29, 0.717) is 73.8 Å². The Morgan fingerprint density at radius 2 is 0.954 bits per heavy atom.